The number of hydrogen-bond donors (Lipinski definition) is 2. The average molecular weight is 258 g/mol. The van der Waals surface area contributed by atoms with Crippen LogP contribution in [0.15, 0.2) is 30.3 Å². The van der Waals surface area contributed by atoms with Gasteiger partial charge in [0.05, 0.1) is 0 Å². The number of benzene rings is 2. The van der Waals surface area contributed by atoms with Crippen molar-refractivity contribution in [3.63, 3.8) is 0 Å². The van der Waals surface area contributed by atoms with Gasteiger partial charge in [-0.1, -0.05) is 0 Å². The first-order chi connectivity index (χ1) is 8.88. The van der Waals surface area contributed by atoms with Crippen LogP contribution in [0.2, 0.25) is 0 Å². The molecule has 98 valence electrons. The number of ketones is 1. The average Bonchev–Trinajstić information content (AvgIpc) is 2.25. The third kappa shape index (κ3) is 2.57. The molecule has 0 aromatic heterocycles. The second-order valence-electron chi connectivity index (χ2n) is 4.63. The summed E-state index contributed by atoms with van der Waals surface area (Å²) in [5, 5.41) is 0. The van der Waals surface area contributed by atoms with E-state index in [-0.39, 0.29) is 11.6 Å². The molecule has 0 spiro atoms. The van der Waals surface area contributed by atoms with E-state index in [4.69, 9.17) is 11.5 Å². The molecule has 0 aliphatic carbocycles. The summed E-state index contributed by atoms with van der Waals surface area (Å²) in [5.74, 6) is -0.548. The number of hydrogen-bond acceptors (Lipinski definition) is 3. The maximum Gasteiger partial charge on any atom is 0.193 e. The Hall–Kier alpha value is -2.36. The molecule has 3 nitrogen and oxygen atoms in total. The molecule has 19 heavy (non-hydrogen) atoms. The first kappa shape index (κ1) is 13.1. The summed E-state index contributed by atoms with van der Waals surface area (Å²) < 4.78 is 13.3. The minimum atomic E-state index is -0.348. The van der Waals surface area contributed by atoms with Crippen molar-refractivity contribution >= 4 is 17.2 Å². The molecular weight excluding hydrogens is 243 g/mol. The van der Waals surface area contributed by atoms with Crippen molar-refractivity contribution in [3.8, 4) is 0 Å². The fourth-order valence-corrected chi connectivity index (χ4v) is 2.22. The van der Waals surface area contributed by atoms with Gasteiger partial charge in [0.2, 0.25) is 0 Å². The Bertz CT molecular complexity index is 622. The van der Waals surface area contributed by atoms with Crippen LogP contribution < -0.4 is 11.5 Å². The summed E-state index contributed by atoms with van der Waals surface area (Å²) >= 11 is 0. The van der Waals surface area contributed by atoms with E-state index in [1.54, 1.807) is 32.0 Å². The lowest BCUT2D eigenvalue weighted by Crippen LogP contribution is -2.08. The summed E-state index contributed by atoms with van der Waals surface area (Å²) in [6.07, 6.45) is 0. The van der Waals surface area contributed by atoms with E-state index >= 15 is 0 Å². The lowest BCUT2D eigenvalue weighted by atomic mass is 9.94. The second-order valence-corrected chi connectivity index (χ2v) is 4.63. The predicted molar refractivity (Wildman–Crippen MR) is 74.6 cm³/mol. The molecular formula is C15H15FN2O. The molecule has 0 aliphatic rings. The number of rotatable bonds is 2. The van der Waals surface area contributed by atoms with Gasteiger partial charge in [-0.3, -0.25) is 4.79 Å². The monoisotopic (exact) mass is 258 g/mol. The molecule has 0 saturated heterocycles. The van der Waals surface area contributed by atoms with Crippen LogP contribution in [0.5, 0.6) is 0 Å². The van der Waals surface area contributed by atoms with Crippen molar-refractivity contribution in [2.24, 2.45) is 0 Å². The van der Waals surface area contributed by atoms with Crippen LogP contribution in [0, 0.1) is 19.7 Å². The Morgan fingerprint density at radius 3 is 1.89 bits per heavy atom. The molecule has 0 saturated carbocycles. The molecule has 0 bridgehead atoms. The molecule has 0 radical (unpaired) electrons. The van der Waals surface area contributed by atoms with Crippen molar-refractivity contribution in [2.45, 2.75) is 13.8 Å². The Kier molecular flexibility index (Phi) is 3.25. The van der Waals surface area contributed by atoms with Crippen molar-refractivity contribution in [2.75, 3.05) is 11.5 Å². The molecule has 0 atom stereocenters. The van der Waals surface area contributed by atoms with Crippen LogP contribution in [0.1, 0.15) is 27.0 Å². The SMILES string of the molecule is Cc1cc(F)cc(C)c1C(=O)c1cc(N)cc(N)c1. The number of anilines is 2. The number of carbonyl (C=O) groups excluding carboxylic acids is 1. The van der Waals surface area contributed by atoms with Gasteiger partial charge in [0.25, 0.3) is 0 Å². The van der Waals surface area contributed by atoms with E-state index in [9.17, 15) is 9.18 Å². The van der Waals surface area contributed by atoms with Gasteiger partial charge in [0.15, 0.2) is 5.78 Å². The molecule has 4 heteroatoms. The van der Waals surface area contributed by atoms with Gasteiger partial charge >= 0.3 is 0 Å². The van der Waals surface area contributed by atoms with Crippen molar-refractivity contribution in [1.29, 1.82) is 0 Å². The molecule has 0 amide bonds. The van der Waals surface area contributed by atoms with Crippen molar-refractivity contribution < 1.29 is 9.18 Å². The van der Waals surface area contributed by atoms with Crippen molar-refractivity contribution in [1.82, 2.24) is 0 Å². The zero-order valence-corrected chi connectivity index (χ0v) is 10.8. The van der Waals surface area contributed by atoms with E-state index in [0.717, 1.165) is 0 Å². The molecule has 0 heterocycles. The summed E-state index contributed by atoms with van der Waals surface area (Å²) in [4.78, 5) is 12.5. The summed E-state index contributed by atoms with van der Waals surface area (Å²) in [6.45, 7) is 3.41. The van der Waals surface area contributed by atoms with Gasteiger partial charge in [0, 0.05) is 22.5 Å². The van der Waals surface area contributed by atoms with Gasteiger partial charge in [-0.15, -0.1) is 0 Å². The topological polar surface area (TPSA) is 69.1 Å². The summed E-state index contributed by atoms with van der Waals surface area (Å²) in [7, 11) is 0. The van der Waals surface area contributed by atoms with E-state index in [2.05, 4.69) is 0 Å². The molecule has 0 aliphatic heterocycles. The number of halogens is 1. The van der Waals surface area contributed by atoms with Crippen LogP contribution in [0.3, 0.4) is 0 Å². The van der Waals surface area contributed by atoms with Gasteiger partial charge in [-0.25, -0.2) is 4.39 Å². The summed E-state index contributed by atoms with van der Waals surface area (Å²) in [6, 6.07) is 7.41. The Balaban J connectivity index is 2.56. The van der Waals surface area contributed by atoms with E-state index < -0.39 is 0 Å². The van der Waals surface area contributed by atoms with Crippen LogP contribution in [0.4, 0.5) is 15.8 Å². The molecule has 2 aromatic rings. The lowest BCUT2D eigenvalue weighted by Gasteiger charge is -2.10. The Morgan fingerprint density at radius 1 is 0.947 bits per heavy atom. The smallest absolute Gasteiger partial charge is 0.193 e. The summed E-state index contributed by atoms with van der Waals surface area (Å²) in [5.41, 5.74) is 14.3. The Labute approximate surface area is 111 Å². The van der Waals surface area contributed by atoms with Crippen LogP contribution in [-0.4, -0.2) is 5.78 Å². The lowest BCUT2D eigenvalue weighted by molar-refractivity contribution is 0.103. The van der Waals surface area contributed by atoms with Crippen LogP contribution in [-0.2, 0) is 0 Å². The number of nitrogen functional groups attached to an aromatic ring is 2. The van der Waals surface area contributed by atoms with E-state index in [0.29, 0.717) is 33.6 Å². The fourth-order valence-electron chi connectivity index (χ4n) is 2.22. The van der Waals surface area contributed by atoms with Gasteiger partial charge in [-0.2, -0.15) is 0 Å². The molecule has 2 rings (SSSR count). The van der Waals surface area contributed by atoms with Gasteiger partial charge < -0.3 is 11.5 Å². The predicted octanol–water partition coefficient (Wildman–Crippen LogP) is 2.84. The normalized spacial score (nSPS) is 10.5. The maximum atomic E-state index is 13.3. The third-order valence-corrected chi connectivity index (χ3v) is 2.96. The van der Waals surface area contributed by atoms with E-state index in [1.165, 1.54) is 12.1 Å². The molecule has 0 fully saturated rings. The first-order valence-corrected chi connectivity index (χ1v) is 5.86. The zero-order valence-electron chi connectivity index (χ0n) is 10.8. The molecule has 2 aromatic carbocycles. The first-order valence-electron chi connectivity index (χ1n) is 5.86. The van der Waals surface area contributed by atoms with Crippen LogP contribution in [0.25, 0.3) is 0 Å². The highest BCUT2D eigenvalue weighted by atomic mass is 19.1. The van der Waals surface area contributed by atoms with Gasteiger partial charge in [0.1, 0.15) is 5.82 Å². The van der Waals surface area contributed by atoms with Gasteiger partial charge in [-0.05, 0) is 55.3 Å². The largest absolute Gasteiger partial charge is 0.399 e. The fraction of sp³-hybridized carbons (Fsp3) is 0.133. The van der Waals surface area contributed by atoms with E-state index in [1.807, 2.05) is 0 Å². The zero-order chi connectivity index (χ0) is 14.2. The maximum absolute atomic E-state index is 13.3. The highest BCUT2D eigenvalue weighted by Crippen LogP contribution is 2.22. The Morgan fingerprint density at radius 2 is 1.42 bits per heavy atom. The quantitative estimate of drug-likeness (QED) is 0.643. The molecule has 0 unspecified atom stereocenters. The third-order valence-electron chi connectivity index (χ3n) is 2.96. The minimum absolute atomic E-state index is 0.200. The minimum Gasteiger partial charge on any atom is -0.399 e. The number of carbonyl (C=O) groups is 1. The number of nitrogens with two attached hydrogens (primary N) is 2. The highest BCUT2D eigenvalue weighted by Gasteiger charge is 2.16. The standard InChI is InChI=1S/C15H15FN2O/c1-8-3-11(16)4-9(2)14(8)15(19)10-5-12(17)7-13(18)6-10/h3-7H,17-18H2,1-2H3. The second kappa shape index (κ2) is 4.72. The van der Waals surface area contributed by atoms with Crippen LogP contribution >= 0.6 is 0 Å². The molecule has 4 N–H and O–H groups in total. The highest BCUT2D eigenvalue weighted by molar-refractivity contribution is 6.11. The van der Waals surface area contributed by atoms with Crippen molar-refractivity contribution in [3.05, 3.63) is 58.4 Å². The number of aryl methyl sites for hydroxylation is 2.